The summed E-state index contributed by atoms with van der Waals surface area (Å²) >= 11 is 0. The van der Waals surface area contributed by atoms with Crippen molar-refractivity contribution in [1.82, 2.24) is 14.6 Å². The van der Waals surface area contributed by atoms with E-state index >= 15 is 0 Å². The fourth-order valence-corrected chi connectivity index (χ4v) is 4.22. The monoisotopic (exact) mass is 422 g/mol. The smallest absolute Gasteiger partial charge is 0.334 e. The van der Waals surface area contributed by atoms with Crippen molar-refractivity contribution in [2.24, 2.45) is 5.18 Å². The summed E-state index contributed by atoms with van der Waals surface area (Å²) in [6.45, 7) is 2.78. The van der Waals surface area contributed by atoms with Crippen LogP contribution in [0.3, 0.4) is 0 Å². The molecule has 8 heteroatoms. The summed E-state index contributed by atoms with van der Waals surface area (Å²) in [5, 5.41) is 5.13. The first kappa shape index (κ1) is 21.0. The molecule has 0 aliphatic heterocycles. The van der Waals surface area contributed by atoms with Gasteiger partial charge in [0, 0.05) is 22.4 Å². The molecule has 0 bridgehead atoms. The molecule has 1 N–H and O–H groups in total. The molecular formula is C23H26N4O4. The number of rotatable bonds is 7. The number of unbranched alkanes of at least 4 members (excludes halogenated alkanes) is 1. The average molecular weight is 422 g/mol. The van der Waals surface area contributed by atoms with Gasteiger partial charge < -0.3 is 4.74 Å². The molecule has 0 radical (unpaired) electrons. The molecule has 2 aromatic heterocycles. The lowest BCUT2D eigenvalue weighted by atomic mass is 9.83. The van der Waals surface area contributed by atoms with Crippen LogP contribution in [0.2, 0.25) is 0 Å². The largest absolute Gasteiger partial charge is 0.494 e. The minimum atomic E-state index is -0.959. The minimum Gasteiger partial charge on any atom is -0.494 e. The van der Waals surface area contributed by atoms with Crippen LogP contribution in [0, 0.1) is 4.91 Å². The van der Waals surface area contributed by atoms with Gasteiger partial charge in [0.1, 0.15) is 11.4 Å². The molecule has 8 nitrogen and oxygen atoms in total. The minimum absolute atomic E-state index is 0.0500. The van der Waals surface area contributed by atoms with E-state index < -0.39 is 5.91 Å². The second-order valence-electron chi connectivity index (χ2n) is 8.00. The Morgan fingerprint density at radius 2 is 1.97 bits per heavy atom. The van der Waals surface area contributed by atoms with Crippen LogP contribution in [-0.4, -0.2) is 27.1 Å². The first-order valence-corrected chi connectivity index (χ1v) is 10.9. The van der Waals surface area contributed by atoms with Crippen LogP contribution in [0.5, 0.6) is 5.75 Å². The predicted molar refractivity (Wildman–Crippen MR) is 118 cm³/mol. The summed E-state index contributed by atoms with van der Waals surface area (Å²) in [6.07, 6.45) is 7.22. The topological polar surface area (TPSA) is 106 Å². The van der Waals surface area contributed by atoms with E-state index in [1.54, 1.807) is 0 Å². The van der Waals surface area contributed by atoms with E-state index in [0.717, 1.165) is 49.8 Å². The van der Waals surface area contributed by atoms with Gasteiger partial charge in [-0.15, -0.1) is 4.91 Å². The highest BCUT2D eigenvalue weighted by molar-refractivity contribution is 5.93. The van der Waals surface area contributed by atoms with Crippen LogP contribution in [0.1, 0.15) is 73.8 Å². The number of aromatic amines is 1. The molecule has 31 heavy (non-hydrogen) atoms. The van der Waals surface area contributed by atoms with E-state index in [4.69, 9.17) is 9.72 Å². The third kappa shape index (κ3) is 4.28. The van der Waals surface area contributed by atoms with Gasteiger partial charge in [0.2, 0.25) is 0 Å². The molecule has 0 atom stereocenters. The summed E-state index contributed by atoms with van der Waals surface area (Å²) in [6, 6.07) is 9.00. The molecule has 162 valence electrons. The molecule has 1 saturated carbocycles. The average Bonchev–Trinajstić information content (AvgIpc) is 3.24. The van der Waals surface area contributed by atoms with Crippen LogP contribution in [0.15, 0.2) is 40.3 Å². The number of hydrogen-bond acceptors (Lipinski definition) is 5. The zero-order chi connectivity index (χ0) is 21.8. The third-order valence-corrected chi connectivity index (χ3v) is 5.87. The summed E-state index contributed by atoms with van der Waals surface area (Å²) in [4.78, 5) is 40.5. The van der Waals surface area contributed by atoms with Crippen molar-refractivity contribution >= 4 is 11.6 Å². The van der Waals surface area contributed by atoms with Crippen molar-refractivity contribution in [1.29, 1.82) is 0 Å². The summed E-state index contributed by atoms with van der Waals surface area (Å²) in [7, 11) is 0. The Kier molecular flexibility index (Phi) is 6.25. The van der Waals surface area contributed by atoms with Gasteiger partial charge in [0.05, 0.1) is 12.3 Å². The molecule has 1 aliphatic rings. The van der Waals surface area contributed by atoms with Crippen LogP contribution in [0.25, 0.3) is 16.9 Å². The zero-order valence-electron chi connectivity index (χ0n) is 17.6. The van der Waals surface area contributed by atoms with Crippen molar-refractivity contribution in [3.05, 3.63) is 56.9 Å². The van der Waals surface area contributed by atoms with Gasteiger partial charge in [-0.25, -0.2) is 9.50 Å². The lowest BCUT2D eigenvalue weighted by Crippen LogP contribution is -2.25. The SMILES string of the molecule is CCCCOc1ccc(-c2nc3cc(C(=O)N=O)[nH]n3c(=O)c2C2CCCCC2)cc1. The number of carbonyl (C=O) groups is 1. The number of nitrogens with zero attached hydrogens (tertiary/aromatic N) is 3. The molecular weight excluding hydrogens is 396 g/mol. The third-order valence-electron chi connectivity index (χ3n) is 5.87. The van der Waals surface area contributed by atoms with Gasteiger partial charge in [-0.2, -0.15) is 0 Å². The van der Waals surface area contributed by atoms with Crippen molar-refractivity contribution in [2.45, 2.75) is 57.8 Å². The van der Waals surface area contributed by atoms with E-state index in [1.165, 1.54) is 17.0 Å². The maximum Gasteiger partial charge on any atom is 0.334 e. The van der Waals surface area contributed by atoms with Crippen LogP contribution >= 0.6 is 0 Å². The Balaban J connectivity index is 1.81. The molecule has 0 spiro atoms. The van der Waals surface area contributed by atoms with Crippen molar-refractivity contribution in [2.75, 3.05) is 6.61 Å². The van der Waals surface area contributed by atoms with Crippen LogP contribution < -0.4 is 10.3 Å². The van der Waals surface area contributed by atoms with E-state index in [9.17, 15) is 14.5 Å². The molecule has 0 saturated heterocycles. The van der Waals surface area contributed by atoms with Crippen molar-refractivity contribution < 1.29 is 9.53 Å². The van der Waals surface area contributed by atoms with Crippen molar-refractivity contribution in [3.63, 3.8) is 0 Å². The fourth-order valence-electron chi connectivity index (χ4n) is 4.22. The summed E-state index contributed by atoms with van der Waals surface area (Å²) < 4.78 is 7.00. The van der Waals surface area contributed by atoms with Crippen LogP contribution in [0.4, 0.5) is 0 Å². The summed E-state index contributed by atoms with van der Waals surface area (Å²) in [5.74, 6) is -0.0761. The summed E-state index contributed by atoms with van der Waals surface area (Å²) in [5.41, 5.74) is 2.09. The Hall–Kier alpha value is -3.29. The van der Waals surface area contributed by atoms with Gasteiger partial charge in [0.25, 0.3) is 5.56 Å². The fraction of sp³-hybridized carbons (Fsp3) is 0.435. The number of nitroso groups, excluding NO2 is 1. The molecule has 4 rings (SSSR count). The van der Waals surface area contributed by atoms with E-state index in [-0.39, 0.29) is 22.8 Å². The molecule has 0 unspecified atom stereocenters. The lowest BCUT2D eigenvalue weighted by molar-refractivity contribution is 0.0995. The Morgan fingerprint density at radius 1 is 1.23 bits per heavy atom. The highest BCUT2D eigenvalue weighted by Crippen LogP contribution is 2.36. The van der Waals surface area contributed by atoms with Gasteiger partial charge in [-0.05, 0) is 49.4 Å². The number of ether oxygens (including phenoxy) is 1. The molecule has 1 fully saturated rings. The molecule has 2 heterocycles. The van der Waals surface area contributed by atoms with E-state index in [0.29, 0.717) is 17.9 Å². The number of nitrogens with one attached hydrogen (secondary N) is 1. The number of carbonyl (C=O) groups excluding carboxylic acids is 1. The second kappa shape index (κ2) is 9.24. The number of aromatic nitrogens is 3. The zero-order valence-corrected chi connectivity index (χ0v) is 17.6. The number of fused-ring (bicyclic) bond motifs is 1. The standard InChI is InChI=1S/C23H26N4O4/c1-2-3-13-31-17-11-9-16(10-12-17)21-20(15-7-5-4-6-8-15)23(29)27-19(24-21)14-18(25-27)22(28)26-30/h9-12,14-15,25H,2-8,13H2,1H3. The van der Waals surface area contributed by atoms with Gasteiger partial charge >= 0.3 is 5.91 Å². The van der Waals surface area contributed by atoms with Crippen LogP contribution in [-0.2, 0) is 0 Å². The normalized spacial score (nSPS) is 14.6. The molecule has 3 aromatic rings. The Bertz CT molecular complexity index is 1140. The molecule has 1 amide bonds. The molecule has 1 aromatic carbocycles. The number of hydrogen-bond donors (Lipinski definition) is 1. The van der Waals surface area contributed by atoms with Gasteiger partial charge in [-0.3, -0.25) is 14.7 Å². The maximum absolute atomic E-state index is 13.4. The van der Waals surface area contributed by atoms with E-state index in [1.807, 2.05) is 24.3 Å². The molecule has 1 aliphatic carbocycles. The quantitative estimate of drug-likeness (QED) is 0.434. The lowest BCUT2D eigenvalue weighted by Gasteiger charge is -2.23. The highest BCUT2D eigenvalue weighted by Gasteiger charge is 2.26. The number of benzene rings is 1. The maximum atomic E-state index is 13.4. The second-order valence-corrected chi connectivity index (χ2v) is 8.00. The number of H-pyrrole nitrogens is 1. The first-order chi connectivity index (χ1) is 15.1. The Labute approximate surface area is 179 Å². The van der Waals surface area contributed by atoms with Gasteiger partial charge in [-0.1, -0.05) is 32.6 Å². The Morgan fingerprint density at radius 3 is 2.65 bits per heavy atom. The first-order valence-electron chi connectivity index (χ1n) is 10.9. The number of amides is 1. The predicted octanol–water partition coefficient (Wildman–Crippen LogP) is 4.82. The highest BCUT2D eigenvalue weighted by atomic mass is 16.5. The van der Waals surface area contributed by atoms with Crippen molar-refractivity contribution in [3.8, 4) is 17.0 Å². The van der Waals surface area contributed by atoms with E-state index in [2.05, 4.69) is 17.2 Å². The van der Waals surface area contributed by atoms with Gasteiger partial charge in [0.15, 0.2) is 5.65 Å².